The highest BCUT2D eigenvalue weighted by Crippen LogP contribution is 2.36. The van der Waals surface area contributed by atoms with E-state index in [1.54, 1.807) is 0 Å². The van der Waals surface area contributed by atoms with E-state index in [-0.39, 0.29) is 16.8 Å². The molecule has 0 saturated carbocycles. The SMILES string of the molecule is CC(C)CNCc1sc(CC(C)(C)C)nc1C(F)(F)F. The van der Waals surface area contributed by atoms with Crippen LogP contribution in [0.1, 0.15) is 50.2 Å². The van der Waals surface area contributed by atoms with Gasteiger partial charge in [-0.15, -0.1) is 11.3 Å². The number of thiazole rings is 1. The first-order valence-corrected chi connectivity index (χ1v) is 7.57. The lowest BCUT2D eigenvalue weighted by molar-refractivity contribution is -0.141. The van der Waals surface area contributed by atoms with Gasteiger partial charge in [-0.25, -0.2) is 4.98 Å². The maximum absolute atomic E-state index is 13.0. The third-order valence-electron chi connectivity index (χ3n) is 2.53. The smallest absolute Gasteiger partial charge is 0.312 e. The van der Waals surface area contributed by atoms with E-state index in [4.69, 9.17) is 0 Å². The predicted molar refractivity (Wildman–Crippen MR) is 76.8 cm³/mol. The zero-order valence-corrected chi connectivity index (χ0v) is 13.5. The van der Waals surface area contributed by atoms with Crippen molar-refractivity contribution in [2.45, 2.75) is 53.8 Å². The van der Waals surface area contributed by atoms with Crippen LogP contribution in [0.2, 0.25) is 0 Å². The summed E-state index contributed by atoms with van der Waals surface area (Å²) in [6, 6.07) is 0. The van der Waals surface area contributed by atoms with Crippen molar-refractivity contribution in [3.05, 3.63) is 15.6 Å². The number of aromatic nitrogens is 1. The van der Waals surface area contributed by atoms with Crippen molar-refractivity contribution in [2.75, 3.05) is 6.54 Å². The van der Waals surface area contributed by atoms with E-state index in [9.17, 15) is 13.2 Å². The van der Waals surface area contributed by atoms with Gasteiger partial charge >= 0.3 is 6.18 Å². The molecule has 0 aliphatic heterocycles. The molecule has 0 atom stereocenters. The van der Waals surface area contributed by atoms with Crippen molar-refractivity contribution in [2.24, 2.45) is 11.3 Å². The molecule has 0 aromatic carbocycles. The molecule has 1 aromatic rings. The van der Waals surface area contributed by atoms with Crippen molar-refractivity contribution in [3.63, 3.8) is 0 Å². The van der Waals surface area contributed by atoms with Crippen LogP contribution in [0, 0.1) is 11.3 Å². The number of nitrogens with zero attached hydrogens (tertiary/aromatic N) is 1. The highest BCUT2D eigenvalue weighted by molar-refractivity contribution is 7.11. The molecule has 0 aliphatic rings. The zero-order chi connectivity index (χ0) is 15.6. The van der Waals surface area contributed by atoms with E-state index in [0.717, 1.165) is 0 Å². The molecule has 1 N–H and O–H groups in total. The van der Waals surface area contributed by atoms with Crippen molar-refractivity contribution < 1.29 is 13.2 Å². The Morgan fingerprint density at radius 3 is 2.25 bits per heavy atom. The molecule has 0 bridgehead atoms. The first-order chi connectivity index (χ1) is 8.99. The van der Waals surface area contributed by atoms with E-state index in [1.807, 2.05) is 34.6 Å². The predicted octanol–water partition coefficient (Wildman–Crippen LogP) is 4.50. The number of hydrogen-bond acceptors (Lipinski definition) is 3. The van der Waals surface area contributed by atoms with E-state index in [2.05, 4.69) is 10.3 Å². The largest absolute Gasteiger partial charge is 0.434 e. The zero-order valence-electron chi connectivity index (χ0n) is 12.7. The van der Waals surface area contributed by atoms with Gasteiger partial charge in [0.05, 0.1) is 9.88 Å². The summed E-state index contributed by atoms with van der Waals surface area (Å²) in [7, 11) is 0. The molecule has 0 spiro atoms. The summed E-state index contributed by atoms with van der Waals surface area (Å²) in [5, 5.41) is 3.62. The number of nitrogens with one attached hydrogen (secondary N) is 1. The fourth-order valence-electron chi connectivity index (χ4n) is 1.75. The van der Waals surface area contributed by atoms with Crippen LogP contribution in [0.4, 0.5) is 13.2 Å². The lowest BCUT2D eigenvalue weighted by Gasteiger charge is -2.15. The Balaban J connectivity index is 2.90. The lowest BCUT2D eigenvalue weighted by Crippen LogP contribution is -2.20. The van der Waals surface area contributed by atoms with E-state index in [0.29, 0.717) is 23.9 Å². The number of hydrogen-bond donors (Lipinski definition) is 1. The van der Waals surface area contributed by atoms with Gasteiger partial charge in [-0.05, 0) is 17.9 Å². The van der Waals surface area contributed by atoms with Gasteiger partial charge in [-0.1, -0.05) is 34.6 Å². The lowest BCUT2D eigenvalue weighted by atomic mass is 9.93. The molecule has 6 heteroatoms. The maximum atomic E-state index is 13.0. The topological polar surface area (TPSA) is 24.9 Å². The Kier molecular flexibility index (Phi) is 5.61. The minimum Gasteiger partial charge on any atom is -0.312 e. The Labute approximate surface area is 122 Å². The van der Waals surface area contributed by atoms with Gasteiger partial charge in [-0.2, -0.15) is 13.2 Å². The van der Waals surface area contributed by atoms with Crippen molar-refractivity contribution in [3.8, 4) is 0 Å². The molecule has 20 heavy (non-hydrogen) atoms. The molecular formula is C14H23F3N2S. The summed E-state index contributed by atoms with van der Waals surface area (Å²) >= 11 is 1.17. The molecule has 0 amide bonds. The quantitative estimate of drug-likeness (QED) is 0.866. The highest BCUT2D eigenvalue weighted by atomic mass is 32.1. The molecule has 0 aliphatic carbocycles. The Hall–Kier alpha value is -0.620. The summed E-state index contributed by atoms with van der Waals surface area (Å²) in [4.78, 5) is 4.11. The second-order valence-electron chi connectivity index (χ2n) is 6.64. The average Bonchev–Trinajstić information content (AvgIpc) is 2.57. The fraction of sp³-hybridized carbons (Fsp3) is 0.786. The van der Waals surface area contributed by atoms with Crippen LogP contribution in [0.15, 0.2) is 0 Å². The molecule has 1 aromatic heterocycles. The number of alkyl halides is 3. The number of halogens is 3. The van der Waals surface area contributed by atoms with Gasteiger partial charge in [0.1, 0.15) is 0 Å². The number of rotatable bonds is 5. The van der Waals surface area contributed by atoms with Crippen LogP contribution in [0.25, 0.3) is 0 Å². The van der Waals surface area contributed by atoms with E-state index in [1.165, 1.54) is 11.3 Å². The van der Waals surface area contributed by atoms with E-state index >= 15 is 0 Å². The molecule has 0 radical (unpaired) electrons. The summed E-state index contributed by atoms with van der Waals surface area (Å²) < 4.78 is 39.0. The average molecular weight is 308 g/mol. The van der Waals surface area contributed by atoms with Crippen molar-refractivity contribution in [1.29, 1.82) is 0 Å². The first-order valence-electron chi connectivity index (χ1n) is 6.75. The monoisotopic (exact) mass is 308 g/mol. The fourth-order valence-corrected chi connectivity index (χ4v) is 3.10. The van der Waals surface area contributed by atoms with Gasteiger partial charge in [0.2, 0.25) is 0 Å². The van der Waals surface area contributed by atoms with Gasteiger partial charge in [0.15, 0.2) is 5.69 Å². The normalized spacial score (nSPS) is 13.2. The van der Waals surface area contributed by atoms with Crippen LogP contribution >= 0.6 is 11.3 Å². The van der Waals surface area contributed by atoms with Crippen molar-refractivity contribution >= 4 is 11.3 Å². The molecule has 0 fully saturated rings. The van der Waals surface area contributed by atoms with Gasteiger partial charge in [0, 0.05) is 13.0 Å². The summed E-state index contributed by atoms with van der Waals surface area (Å²) in [6.45, 7) is 11.0. The molecule has 116 valence electrons. The van der Waals surface area contributed by atoms with Crippen LogP contribution in [-0.2, 0) is 19.1 Å². The molecule has 2 nitrogen and oxygen atoms in total. The summed E-state index contributed by atoms with van der Waals surface area (Å²) in [5.74, 6) is 0.409. The summed E-state index contributed by atoms with van der Waals surface area (Å²) in [6.07, 6.45) is -3.81. The minimum absolute atomic E-state index is 0.0661. The second kappa shape index (κ2) is 6.43. The van der Waals surface area contributed by atoms with Crippen LogP contribution in [0.3, 0.4) is 0 Å². The van der Waals surface area contributed by atoms with Crippen molar-refractivity contribution in [1.82, 2.24) is 10.3 Å². The van der Waals surface area contributed by atoms with Gasteiger partial charge in [-0.3, -0.25) is 0 Å². The van der Waals surface area contributed by atoms with Crippen LogP contribution < -0.4 is 5.32 Å². The minimum atomic E-state index is -4.37. The van der Waals surface area contributed by atoms with Crippen LogP contribution in [0.5, 0.6) is 0 Å². The van der Waals surface area contributed by atoms with Gasteiger partial charge in [0.25, 0.3) is 0 Å². The molecule has 0 saturated heterocycles. The maximum Gasteiger partial charge on any atom is 0.434 e. The standard InChI is InChI=1S/C14H23F3N2S/c1-9(2)7-18-8-10-12(14(15,16)17)19-11(20-10)6-13(3,4)5/h9,18H,6-8H2,1-5H3. The highest BCUT2D eigenvalue weighted by Gasteiger charge is 2.37. The molecule has 1 rings (SSSR count). The Morgan fingerprint density at radius 2 is 1.80 bits per heavy atom. The van der Waals surface area contributed by atoms with Gasteiger partial charge < -0.3 is 5.32 Å². The van der Waals surface area contributed by atoms with E-state index < -0.39 is 11.9 Å². The third kappa shape index (κ3) is 5.79. The second-order valence-corrected chi connectivity index (χ2v) is 7.81. The molecule has 1 heterocycles. The molecular weight excluding hydrogens is 285 g/mol. The third-order valence-corrected chi connectivity index (χ3v) is 3.59. The first kappa shape index (κ1) is 17.4. The molecule has 0 unspecified atom stereocenters. The van der Waals surface area contributed by atoms with Crippen LogP contribution in [-0.4, -0.2) is 11.5 Å². The Bertz CT molecular complexity index is 431. The summed E-state index contributed by atoms with van der Waals surface area (Å²) in [5.41, 5.74) is -0.790. The Morgan fingerprint density at radius 1 is 1.20 bits per heavy atom.